The average molecular weight is 521 g/mol. The normalized spacial score (nSPS) is 23.2. The van der Waals surface area contributed by atoms with Crippen LogP contribution in [0.5, 0.6) is 0 Å². The molecule has 2 saturated heterocycles. The van der Waals surface area contributed by atoms with Gasteiger partial charge in [0.25, 0.3) is 5.91 Å². The Bertz CT molecular complexity index is 1120. The Kier molecular flexibility index (Phi) is 7.56. The standard InChI is InChI=1S/C24H36N6O5S/c1-5-16-12-21(28-25-15-16)22(31)26-18-13-19-6-7-20(14-18)30(19)36(33,34)29-10-8-17(9-11-29)27-23(32)35-24(2,3)4/h6,12,15,17-18,20H,5,7-11,13-14H2,1-4H3,(H,26,31)(H,27,32)/t18-,20-/m1/s1. The Balaban J connectivity index is 1.33. The van der Waals surface area contributed by atoms with E-state index in [0.717, 1.165) is 17.7 Å². The van der Waals surface area contributed by atoms with Crippen LogP contribution in [-0.4, -0.2) is 76.0 Å². The molecular weight excluding hydrogens is 484 g/mol. The summed E-state index contributed by atoms with van der Waals surface area (Å²) in [6.07, 6.45) is 6.52. The van der Waals surface area contributed by atoms with Crippen LogP contribution in [0.15, 0.2) is 24.0 Å². The Hall–Kier alpha value is -2.73. The van der Waals surface area contributed by atoms with Gasteiger partial charge in [-0.2, -0.15) is 17.8 Å². The van der Waals surface area contributed by atoms with Crippen molar-refractivity contribution >= 4 is 22.2 Å². The second kappa shape index (κ2) is 10.3. The number of carbonyl (C=O) groups excluding carboxylic acids is 2. The van der Waals surface area contributed by atoms with Crippen LogP contribution in [-0.2, 0) is 21.4 Å². The Morgan fingerprint density at radius 2 is 1.89 bits per heavy atom. The molecule has 198 valence electrons. The fourth-order valence-electron chi connectivity index (χ4n) is 4.97. The van der Waals surface area contributed by atoms with Gasteiger partial charge in [-0.25, -0.2) is 4.79 Å². The molecule has 11 nitrogen and oxygen atoms in total. The number of nitrogens with one attached hydrogen (secondary N) is 2. The van der Waals surface area contributed by atoms with Crippen molar-refractivity contribution in [1.82, 2.24) is 29.4 Å². The molecule has 0 saturated carbocycles. The van der Waals surface area contributed by atoms with Crippen LogP contribution >= 0.6 is 0 Å². The molecule has 2 amide bonds. The predicted molar refractivity (Wildman–Crippen MR) is 133 cm³/mol. The summed E-state index contributed by atoms with van der Waals surface area (Å²) in [5.74, 6) is -0.293. The predicted octanol–water partition coefficient (Wildman–Crippen LogP) is 2.12. The second-order valence-corrected chi connectivity index (χ2v) is 12.4. The maximum atomic E-state index is 13.5. The fraction of sp³-hybridized carbons (Fsp3) is 0.667. The molecule has 12 heteroatoms. The highest BCUT2D eigenvalue weighted by Gasteiger charge is 2.45. The van der Waals surface area contributed by atoms with Crippen LogP contribution in [0.4, 0.5) is 4.79 Å². The third-order valence-electron chi connectivity index (χ3n) is 6.69. The molecule has 1 aromatic heterocycles. The summed E-state index contributed by atoms with van der Waals surface area (Å²) in [6.45, 7) is 8.04. The number of hydrogen-bond donors (Lipinski definition) is 2. The van der Waals surface area contributed by atoms with Crippen LogP contribution in [0.1, 0.15) is 75.9 Å². The van der Waals surface area contributed by atoms with Gasteiger partial charge < -0.3 is 15.4 Å². The van der Waals surface area contributed by atoms with Crippen molar-refractivity contribution in [3.8, 4) is 0 Å². The SMILES string of the molecule is CCc1cnnc(C(=O)N[C@@H]2CC3=CC[C@H](C2)N3S(=O)(=O)N2CCC(NC(=O)OC(C)(C)C)CC2)c1. The number of nitrogens with zero attached hydrogens (tertiary/aromatic N) is 4. The van der Waals surface area contributed by atoms with Gasteiger partial charge in [-0.3, -0.25) is 9.10 Å². The van der Waals surface area contributed by atoms with Gasteiger partial charge in [-0.05, 0) is 64.5 Å². The molecule has 0 spiro atoms. The first-order chi connectivity index (χ1) is 17.0. The molecule has 0 unspecified atom stereocenters. The molecular formula is C24H36N6O5S. The van der Waals surface area contributed by atoms with E-state index in [1.165, 1.54) is 8.61 Å². The molecule has 2 atom stereocenters. The van der Waals surface area contributed by atoms with E-state index < -0.39 is 21.9 Å². The Morgan fingerprint density at radius 3 is 2.53 bits per heavy atom. The van der Waals surface area contributed by atoms with Gasteiger partial charge in [-0.15, -0.1) is 5.10 Å². The molecule has 36 heavy (non-hydrogen) atoms. The number of amides is 2. The fourth-order valence-corrected chi connectivity index (χ4v) is 6.88. The molecule has 4 rings (SSSR count). The number of fused-ring (bicyclic) bond motifs is 2. The number of rotatable bonds is 6. The summed E-state index contributed by atoms with van der Waals surface area (Å²) >= 11 is 0. The van der Waals surface area contributed by atoms with Gasteiger partial charge in [0.05, 0.1) is 12.2 Å². The first kappa shape index (κ1) is 26.3. The lowest BCUT2D eigenvalue weighted by Crippen LogP contribution is -2.55. The molecule has 3 aliphatic rings. The maximum Gasteiger partial charge on any atom is 0.407 e. The van der Waals surface area contributed by atoms with Crippen molar-refractivity contribution < 1.29 is 22.7 Å². The zero-order valence-electron chi connectivity index (χ0n) is 21.4. The van der Waals surface area contributed by atoms with E-state index in [2.05, 4.69) is 20.8 Å². The quantitative estimate of drug-likeness (QED) is 0.587. The molecule has 3 aliphatic heterocycles. The summed E-state index contributed by atoms with van der Waals surface area (Å²) in [7, 11) is -3.70. The number of ether oxygens (including phenoxy) is 1. The van der Waals surface area contributed by atoms with E-state index in [-0.39, 0.29) is 29.7 Å². The topological polar surface area (TPSA) is 134 Å². The van der Waals surface area contributed by atoms with E-state index in [0.29, 0.717) is 45.2 Å². The number of piperidine rings is 2. The minimum atomic E-state index is -3.70. The molecule has 0 radical (unpaired) electrons. The number of aryl methyl sites for hydroxylation is 1. The van der Waals surface area contributed by atoms with Crippen molar-refractivity contribution in [3.63, 3.8) is 0 Å². The molecule has 2 N–H and O–H groups in total. The third kappa shape index (κ3) is 5.97. The second-order valence-electron chi connectivity index (χ2n) is 10.6. The molecule has 4 heterocycles. The molecule has 2 fully saturated rings. The largest absolute Gasteiger partial charge is 0.444 e. The number of hydrogen-bond acceptors (Lipinski definition) is 7. The average Bonchev–Trinajstić information content (AvgIpc) is 3.10. The number of alkyl carbamates (subject to hydrolysis) is 1. The van der Waals surface area contributed by atoms with Crippen molar-refractivity contribution in [2.75, 3.05) is 13.1 Å². The highest BCUT2D eigenvalue weighted by Crippen LogP contribution is 2.38. The van der Waals surface area contributed by atoms with Gasteiger partial charge in [0.2, 0.25) is 0 Å². The highest BCUT2D eigenvalue weighted by molar-refractivity contribution is 7.86. The third-order valence-corrected chi connectivity index (χ3v) is 8.74. The summed E-state index contributed by atoms with van der Waals surface area (Å²) in [6, 6.07) is 1.21. The van der Waals surface area contributed by atoms with E-state index in [1.807, 2.05) is 13.0 Å². The van der Waals surface area contributed by atoms with Crippen molar-refractivity contribution in [2.45, 2.75) is 89.9 Å². The lowest BCUT2D eigenvalue weighted by Gasteiger charge is -2.41. The molecule has 0 aliphatic carbocycles. The van der Waals surface area contributed by atoms with Crippen molar-refractivity contribution in [1.29, 1.82) is 0 Å². The minimum absolute atomic E-state index is 0.127. The van der Waals surface area contributed by atoms with E-state index >= 15 is 0 Å². The number of carbonyl (C=O) groups is 2. The van der Waals surface area contributed by atoms with Gasteiger partial charge in [-0.1, -0.05) is 13.0 Å². The lowest BCUT2D eigenvalue weighted by molar-refractivity contribution is 0.0489. The Labute approximate surface area is 212 Å². The van der Waals surface area contributed by atoms with Gasteiger partial charge in [0.15, 0.2) is 5.69 Å². The molecule has 0 aromatic carbocycles. The van der Waals surface area contributed by atoms with E-state index in [9.17, 15) is 18.0 Å². The summed E-state index contributed by atoms with van der Waals surface area (Å²) < 4.78 is 35.4. The zero-order chi connectivity index (χ0) is 26.1. The van der Waals surface area contributed by atoms with Crippen LogP contribution in [0.3, 0.4) is 0 Å². The number of aromatic nitrogens is 2. The maximum absolute atomic E-state index is 13.5. The molecule has 2 bridgehead atoms. The van der Waals surface area contributed by atoms with Crippen molar-refractivity contribution in [3.05, 3.63) is 35.3 Å². The van der Waals surface area contributed by atoms with Gasteiger partial charge in [0, 0.05) is 37.3 Å². The minimum Gasteiger partial charge on any atom is -0.444 e. The van der Waals surface area contributed by atoms with Crippen molar-refractivity contribution in [2.24, 2.45) is 0 Å². The summed E-state index contributed by atoms with van der Waals surface area (Å²) in [4.78, 5) is 24.8. The van der Waals surface area contributed by atoms with Crippen LogP contribution < -0.4 is 10.6 Å². The smallest absolute Gasteiger partial charge is 0.407 e. The first-order valence-electron chi connectivity index (χ1n) is 12.6. The van der Waals surface area contributed by atoms with Gasteiger partial charge >= 0.3 is 16.3 Å². The van der Waals surface area contributed by atoms with Crippen LogP contribution in [0, 0.1) is 0 Å². The van der Waals surface area contributed by atoms with E-state index in [4.69, 9.17) is 4.74 Å². The van der Waals surface area contributed by atoms with Crippen LogP contribution in [0.2, 0.25) is 0 Å². The summed E-state index contributed by atoms with van der Waals surface area (Å²) in [5, 5.41) is 13.7. The highest BCUT2D eigenvalue weighted by atomic mass is 32.2. The first-order valence-corrected chi connectivity index (χ1v) is 14.0. The lowest BCUT2D eigenvalue weighted by atomic mass is 10.0. The zero-order valence-corrected chi connectivity index (χ0v) is 22.2. The van der Waals surface area contributed by atoms with Crippen LogP contribution in [0.25, 0.3) is 0 Å². The van der Waals surface area contributed by atoms with Gasteiger partial charge in [0.1, 0.15) is 5.60 Å². The Morgan fingerprint density at radius 1 is 1.17 bits per heavy atom. The van der Waals surface area contributed by atoms with E-state index in [1.54, 1.807) is 33.0 Å². The summed E-state index contributed by atoms with van der Waals surface area (Å²) in [5.41, 5.74) is 1.34. The molecule has 1 aromatic rings. The monoisotopic (exact) mass is 520 g/mol.